The van der Waals surface area contributed by atoms with E-state index in [-0.39, 0.29) is 8.41 Å². The fraction of sp³-hybridized carbons (Fsp3) is 0.526. The van der Waals surface area contributed by atoms with E-state index >= 15 is 0 Å². The smallest absolute Gasteiger partial charge is 0.185 e. The highest BCUT2D eigenvalue weighted by molar-refractivity contribution is 7.17. The van der Waals surface area contributed by atoms with E-state index in [4.69, 9.17) is 0 Å². The van der Waals surface area contributed by atoms with Gasteiger partial charge in [0.25, 0.3) is 0 Å². The first kappa shape index (κ1) is 32.6. The van der Waals surface area contributed by atoms with Crippen molar-refractivity contribution in [2.24, 2.45) is 0 Å². The molecule has 1 aromatic carbocycles. The van der Waals surface area contributed by atoms with Gasteiger partial charge in [-0.3, -0.25) is 0 Å². The van der Waals surface area contributed by atoms with Gasteiger partial charge < -0.3 is 4.90 Å². The minimum Gasteiger partial charge on any atom is -0.354 e. The maximum absolute atomic E-state index is 4.55. The number of benzene rings is 1. The molecule has 0 N–H and O–H groups in total. The minimum absolute atomic E-state index is 0. The maximum Gasteiger partial charge on any atom is 0.185 e. The molecule has 26 heavy (non-hydrogen) atoms. The molecule has 8 radical (unpaired) electrons. The molecule has 1 heterocycles. The molecule has 0 saturated carbocycles. The molecule has 1 aromatic heterocycles. The van der Waals surface area contributed by atoms with Crippen LogP contribution in [0.15, 0.2) is 30.3 Å². The zero-order chi connectivity index (χ0) is 20.3. The van der Waals surface area contributed by atoms with Crippen LogP contribution in [0, 0.1) is 6.92 Å². The second kappa shape index (κ2) is 23.9. The first-order chi connectivity index (χ1) is 12.1. The predicted molar refractivity (Wildman–Crippen MR) is 127 cm³/mol. The summed E-state index contributed by atoms with van der Waals surface area (Å²) in [5, 5.41) is 1.09. The van der Waals surface area contributed by atoms with Crippen LogP contribution in [0.2, 0.25) is 0 Å². The van der Waals surface area contributed by atoms with E-state index < -0.39 is 0 Å². The number of hydrogen-bond acceptors (Lipinski definition) is 3. The van der Waals surface area contributed by atoms with Crippen LogP contribution in [0.5, 0.6) is 0 Å². The van der Waals surface area contributed by atoms with Crippen molar-refractivity contribution in [2.45, 2.75) is 54.9 Å². The molecule has 2 aromatic rings. The quantitative estimate of drug-likeness (QED) is 0.735. The van der Waals surface area contributed by atoms with Gasteiger partial charge in [0, 0.05) is 56.3 Å². The topological polar surface area (TPSA) is 16.1 Å². The highest BCUT2D eigenvalue weighted by Crippen LogP contribution is 2.26. The summed E-state index contributed by atoms with van der Waals surface area (Å²) in [5.74, 6) is 0. The van der Waals surface area contributed by atoms with Crippen LogP contribution in [-0.4, -0.2) is 50.0 Å². The molecule has 0 fully saturated rings. The number of aryl methyl sites for hydroxylation is 1. The average molecular weight is 366 g/mol. The molecule has 0 aliphatic carbocycles. The van der Waals surface area contributed by atoms with Crippen LogP contribution < -0.4 is 4.90 Å². The first-order valence-electron chi connectivity index (χ1n) is 9.01. The molecular weight excluding hydrogens is 332 g/mol. The van der Waals surface area contributed by atoms with Gasteiger partial charge in [-0.1, -0.05) is 71.9 Å². The summed E-state index contributed by atoms with van der Waals surface area (Å²) in [7, 11) is 14.1. The van der Waals surface area contributed by atoms with Gasteiger partial charge in [0.2, 0.25) is 0 Å². The molecule has 0 aliphatic rings. The van der Waals surface area contributed by atoms with Crippen LogP contribution in [0.4, 0.5) is 5.13 Å². The molecule has 0 amide bonds. The third kappa shape index (κ3) is 15.2. The Morgan fingerprint density at radius 1 is 0.962 bits per heavy atom. The van der Waals surface area contributed by atoms with Gasteiger partial charge in [0.05, 0.1) is 5.69 Å². The zero-order valence-electron chi connectivity index (χ0n) is 18.2. The van der Waals surface area contributed by atoms with Gasteiger partial charge in [-0.05, 0) is 12.5 Å². The normalized spacial score (nSPS) is 7.58. The summed E-state index contributed by atoms with van der Waals surface area (Å²) in [6.45, 7) is 14.1. The van der Waals surface area contributed by atoms with E-state index in [9.17, 15) is 0 Å². The molecule has 0 unspecified atom stereocenters. The predicted octanol–water partition coefficient (Wildman–Crippen LogP) is 4.66. The monoisotopic (exact) mass is 366 g/mol. The number of anilines is 1. The van der Waals surface area contributed by atoms with Gasteiger partial charge >= 0.3 is 0 Å². The van der Waals surface area contributed by atoms with Gasteiger partial charge in [-0.2, -0.15) is 0 Å². The third-order valence-electron chi connectivity index (χ3n) is 2.47. The molecule has 2 rings (SSSR count). The molecule has 7 heteroatoms. The summed E-state index contributed by atoms with van der Waals surface area (Å²) in [6, 6.07) is 10.5. The Morgan fingerprint density at radius 2 is 1.38 bits per heavy atom. The summed E-state index contributed by atoms with van der Waals surface area (Å²) >= 11 is 1.78. The van der Waals surface area contributed by atoms with Gasteiger partial charge in [0.15, 0.2) is 5.13 Å². The lowest BCUT2D eigenvalue weighted by molar-refractivity contribution is 1.07. The van der Waals surface area contributed by atoms with Crippen LogP contribution in [0.1, 0.15) is 57.7 Å². The lowest BCUT2D eigenvalue weighted by Gasteiger charge is -2.05. The number of hydrogen-bond donors (Lipinski definition) is 0. The van der Waals surface area contributed by atoms with Crippen LogP contribution in [0.25, 0.3) is 0 Å². The number of rotatable bonds is 3. The number of nitrogens with zero attached hydrogens (tertiary/aromatic N) is 2. The van der Waals surface area contributed by atoms with Crippen molar-refractivity contribution in [3.63, 3.8) is 0 Å². The number of thiazole rings is 1. The number of aromatic nitrogens is 1. The summed E-state index contributed by atoms with van der Waals surface area (Å²) in [5.41, 5.74) is 2.50. The molecule has 0 saturated heterocycles. The lowest BCUT2D eigenvalue weighted by atomic mass is 9.40. The van der Waals surface area contributed by atoms with Gasteiger partial charge in [0.1, 0.15) is 0 Å². The Morgan fingerprint density at radius 3 is 1.73 bits per heavy atom. The van der Waals surface area contributed by atoms with Crippen molar-refractivity contribution in [1.29, 1.82) is 0 Å². The van der Waals surface area contributed by atoms with Crippen molar-refractivity contribution in [1.82, 2.24) is 4.98 Å². The molecule has 0 atom stereocenters. The van der Waals surface area contributed by atoms with E-state index in [1.807, 2.05) is 61.7 Å². The molecule has 138 valence electrons. The minimum atomic E-state index is 0. The Hall–Kier alpha value is -1.09. The maximum atomic E-state index is 4.55. The molecular formula is C19H34B4N2S. The van der Waals surface area contributed by atoms with E-state index in [0.717, 1.165) is 24.3 Å². The Bertz CT molecular complexity index is 492. The lowest BCUT2D eigenvalue weighted by Crippen LogP contribution is -2.07. The summed E-state index contributed by atoms with van der Waals surface area (Å²) in [4.78, 5) is 7.97. The van der Waals surface area contributed by atoms with Crippen molar-refractivity contribution >= 4 is 47.4 Å². The van der Waals surface area contributed by atoms with Crippen LogP contribution in [-0.2, 0) is 6.42 Å². The standard InChI is InChI=1S/C13H16N2S.3C2H6.B3.B/c1-10-12(16-13(14-10)15(2)3)9-11-7-5-4-6-8-11;3*1-2;1-3-2;/h4-8H,9H2,1-3H3;3*1-2H3;;. The third-order valence-corrected chi connectivity index (χ3v) is 3.80. The van der Waals surface area contributed by atoms with Gasteiger partial charge in [-0.25, -0.2) is 4.98 Å². The summed E-state index contributed by atoms with van der Waals surface area (Å²) < 4.78 is 0. The largest absolute Gasteiger partial charge is 0.354 e. The fourth-order valence-electron chi connectivity index (χ4n) is 1.55. The Kier molecular flexibility index (Phi) is 30.0. The van der Waals surface area contributed by atoms with Crippen molar-refractivity contribution in [3.05, 3.63) is 46.5 Å². The van der Waals surface area contributed by atoms with Crippen molar-refractivity contribution < 1.29 is 0 Å². The molecule has 0 aliphatic heterocycles. The van der Waals surface area contributed by atoms with E-state index in [0.29, 0.717) is 0 Å². The fourth-order valence-corrected chi connectivity index (χ4v) is 2.57. The van der Waals surface area contributed by atoms with Crippen molar-refractivity contribution in [3.8, 4) is 0 Å². The second-order valence-corrected chi connectivity index (χ2v) is 5.32. The zero-order valence-corrected chi connectivity index (χ0v) is 19.0. The SMILES string of the molecule is CC.CC.CC.Cc1nc(N(C)C)sc1Cc1ccccc1.[B].[B][B][B]. The van der Waals surface area contributed by atoms with Gasteiger partial charge in [-0.15, -0.1) is 11.3 Å². The van der Waals surface area contributed by atoms with E-state index in [2.05, 4.69) is 56.5 Å². The first-order valence-corrected chi connectivity index (χ1v) is 9.82. The second-order valence-electron chi connectivity index (χ2n) is 4.25. The summed E-state index contributed by atoms with van der Waals surface area (Å²) in [6.07, 6.45) is 0.984. The molecule has 2 nitrogen and oxygen atoms in total. The molecule has 0 spiro atoms. The average Bonchev–Trinajstić information content (AvgIpc) is 3.03. The highest BCUT2D eigenvalue weighted by atomic mass is 32.1. The molecule has 0 bridgehead atoms. The van der Waals surface area contributed by atoms with E-state index in [1.165, 1.54) is 10.4 Å². The Labute approximate surface area is 172 Å². The van der Waals surface area contributed by atoms with Crippen molar-refractivity contribution in [2.75, 3.05) is 19.0 Å². The van der Waals surface area contributed by atoms with Crippen LogP contribution >= 0.6 is 11.3 Å². The van der Waals surface area contributed by atoms with E-state index in [1.54, 1.807) is 11.3 Å². The Balaban J connectivity index is -0.000000210. The highest BCUT2D eigenvalue weighted by Gasteiger charge is 2.09. The van der Waals surface area contributed by atoms with Crippen LogP contribution in [0.3, 0.4) is 0 Å².